The molecule has 3 heterocycles. The first-order chi connectivity index (χ1) is 16.5. The minimum absolute atomic E-state index is 0.000496. The smallest absolute Gasteiger partial charge is 0.328 e. The average Bonchev–Trinajstić information content (AvgIpc) is 3.44. The molecule has 1 amide bonds. The van der Waals surface area contributed by atoms with Gasteiger partial charge in [-0.25, -0.2) is 9.78 Å². The number of aryl methyl sites for hydroxylation is 2. The lowest BCUT2D eigenvalue weighted by molar-refractivity contribution is -0.153. The molecule has 1 aliphatic heterocycles. The number of carbonyl (C=O) groups excluding carboxylic acids is 2. The van der Waals surface area contributed by atoms with Crippen LogP contribution in [0.2, 0.25) is 0 Å². The van der Waals surface area contributed by atoms with E-state index in [4.69, 9.17) is 9.72 Å². The van der Waals surface area contributed by atoms with Crippen LogP contribution in [0.15, 0.2) is 34.2 Å². The Kier molecular flexibility index (Phi) is 6.48. The summed E-state index contributed by atoms with van der Waals surface area (Å²) in [6.07, 6.45) is 4.28. The zero-order valence-electron chi connectivity index (χ0n) is 19.3. The molecule has 0 saturated carbocycles. The number of hydrogen-bond donors (Lipinski definition) is 0. The van der Waals surface area contributed by atoms with Crippen LogP contribution in [0.3, 0.4) is 0 Å². The van der Waals surface area contributed by atoms with Crippen LogP contribution in [-0.2, 0) is 46.7 Å². The van der Waals surface area contributed by atoms with Gasteiger partial charge in [-0.3, -0.25) is 14.2 Å². The van der Waals surface area contributed by atoms with Gasteiger partial charge in [0.05, 0.1) is 18.2 Å². The van der Waals surface area contributed by atoms with Crippen molar-refractivity contribution in [3.63, 3.8) is 0 Å². The molecule has 0 N–H and O–H groups in total. The first-order valence-corrected chi connectivity index (χ1v) is 13.4. The molecule has 3 aromatic rings. The predicted molar refractivity (Wildman–Crippen MR) is 133 cm³/mol. The van der Waals surface area contributed by atoms with Crippen molar-refractivity contribution in [2.24, 2.45) is 0 Å². The molecule has 1 aromatic carbocycles. The second kappa shape index (κ2) is 9.54. The minimum Gasteiger partial charge on any atom is -0.467 e. The quantitative estimate of drug-likeness (QED) is 0.294. The maximum atomic E-state index is 13.4. The molecular weight excluding hydrogens is 470 g/mol. The van der Waals surface area contributed by atoms with E-state index in [0.717, 1.165) is 47.0 Å². The second-order valence-electron chi connectivity index (χ2n) is 8.71. The van der Waals surface area contributed by atoms with Crippen molar-refractivity contribution >= 4 is 45.2 Å². The maximum absolute atomic E-state index is 13.4. The van der Waals surface area contributed by atoms with Crippen molar-refractivity contribution in [2.75, 3.05) is 12.9 Å². The molecule has 7 nitrogen and oxygen atoms in total. The lowest BCUT2D eigenvalue weighted by Gasteiger charge is -2.35. The molecule has 9 heteroatoms. The summed E-state index contributed by atoms with van der Waals surface area (Å²) in [6.45, 7) is 2.95. The Morgan fingerprint density at radius 1 is 1.24 bits per heavy atom. The van der Waals surface area contributed by atoms with E-state index in [1.165, 1.54) is 29.3 Å². The molecule has 178 valence electrons. The maximum Gasteiger partial charge on any atom is 0.328 e. The molecule has 1 atom stereocenters. The SMILES string of the molecule is CCCn1c(SCC(=O)N2Cc3ccccc3C[C@@H]2C(=O)OC)nc2sc3c(c2c1=O)CCC3. The van der Waals surface area contributed by atoms with Crippen molar-refractivity contribution in [1.82, 2.24) is 14.5 Å². The Labute approximate surface area is 206 Å². The van der Waals surface area contributed by atoms with E-state index < -0.39 is 12.0 Å². The van der Waals surface area contributed by atoms with Crippen LogP contribution in [0.25, 0.3) is 10.2 Å². The fourth-order valence-corrected chi connectivity index (χ4v) is 7.14. The molecule has 1 aliphatic carbocycles. The second-order valence-corrected chi connectivity index (χ2v) is 10.7. The first-order valence-electron chi connectivity index (χ1n) is 11.6. The highest BCUT2D eigenvalue weighted by Gasteiger charge is 2.35. The molecule has 2 aromatic heterocycles. The van der Waals surface area contributed by atoms with Gasteiger partial charge in [0.2, 0.25) is 5.91 Å². The van der Waals surface area contributed by atoms with Crippen LogP contribution in [-0.4, -0.2) is 45.2 Å². The number of aromatic nitrogens is 2. The lowest BCUT2D eigenvalue weighted by atomic mass is 9.94. The van der Waals surface area contributed by atoms with Gasteiger partial charge in [0.1, 0.15) is 10.9 Å². The molecule has 0 unspecified atom stereocenters. The van der Waals surface area contributed by atoms with E-state index in [-0.39, 0.29) is 17.2 Å². The highest BCUT2D eigenvalue weighted by atomic mass is 32.2. The third-order valence-electron chi connectivity index (χ3n) is 6.60. The van der Waals surface area contributed by atoms with Crippen molar-refractivity contribution in [3.8, 4) is 0 Å². The van der Waals surface area contributed by atoms with Crippen molar-refractivity contribution < 1.29 is 14.3 Å². The number of hydrogen-bond acceptors (Lipinski definition) is 7. The van der Waals surface area contributed by atoms with E-state index >= 15 is 0 Å². The van der Waals surface area contributed by atoms with Crippen LogP contribution in [0.1, 0.15) is 41.3 Å². The minimum atomic E-state index is -0.651. The number of amides is 1. The number of rotatable bonds is 6. The highest BCUT2D eigenvalue weighted by Crippen LogP contribution is 2.36. The summed E-state index contributed by atoms with van der Waals surface area (Å²) >= 11 is 2.89. The van der Waals surface area contributed by atoms with Gasteiger partial charge < -0.3 is 9.64 Å². The largest absolute Gasteiger partial charge is 0.467 e. The van der Waals surface area contributed by atoms with Crippen LogP contribution < -0.4 is 5.56 Å². The highest BCUT2D eigenvalue weighted by molar-refractivity contribution is 7.99. The number of methoxy groups -OCH3 is 1. The summed E-state index contributed by atoms with van der Waals surface area (Å²) in [4.78, 5) is 47.7. The molecule has 2 aliphatic rings. The molecule has 0 fully saturated rings. The molecule has 34 heavy (non-hydrogen) atoms. The van der Waals surface area contributed by atoms with Crippen molar-refractivity contribution in [3.05, 3.63) is 56.2 Å². The summed E-state index contributed by atoms with van der Waals surface area (Å²) < 4.78 is 6.71. The molecular formula is C25H27N3O4S2. The van der Waals surface area contributed by atoms with Crippen molar-refractivity contribution in [1.29, 1.82) is 0 Å². The molecule has 0 radical (unpaired) electrons. The van der Waals surface area contributed by atoms with Crippen LogP contribution in [0.5, 0.6) is 0 Å². The van der Waals surface area contributed by atoms with E-state index in [2.05, 4.69) is 0 Å². The number of fused-ring (bicyclic) bond motifs is 4. The zero-order chi connectivity index (χ0) is 23.8. The fourth-order valence-electron chi connectivity index (χ4n) is 4.93. The summed E-state index contributed by atoms with van der Waals surface area (Å²) in [5.41, 5.74) is 3.27. The van der Waals surface area contributed by atoms with Gasteiger partial charge in [-0.1, -0.05) is 43.0 Å². The summed E-state index contributed by atoms with van der Waals surface area (Å²) in [7, 11) is 1.35. The molecule has 5 rings (SSSR count). The average molecular weight is 498 g/mol. The first kappa shape index (κ1) is 23.1. The van der Waals surface area contributed by atoms with Gasteiger partial charge in [-0.15, -0.1) is 11.3 Å². The molecule has 0 spiro atoms. The molecule has 0 bridgehead atoms. The van der Waals surface area contributed by atoms with Gasteiger partial charge in [-0.05, 0) is 42.4 Å². The monoisotopic (exact) mass is 497 g/mol. The Morgan fingerprint density at radius 2 is 2.03 bits per heavy atom. The van der Waals surface area contributed by atoms with Crippen LogP contribution in [0, 0.1) is 0 Å². The number of thioether (sulfide) groups is 1. The number of benzene rings is 1. The standard InChI is InChI=1S/C25H27N3O4S2/c1-3-11-27-23(30)21-17-9-6-10-19(17)34-22(21)26-25(27)33-14-20(29)28-13-16-8-5-4-7-15(16)12-18(28)24(31)32-2/h4-5,7-8,18H,3,6,9-14H2,1-2H3/t18-/m1/s1. The zero-order valence-corrected chi connectivity index (χ0v) is 21.0. The number of thiophene rings is 1. The summed E-state index contributed by atoms with van der Waals surface area (Å²) in [6, 6.07) is 7.20. The fraction of sp³-hybridized carbons (Fsp3) is 0.440. The predicted octanol–water partition coefficient (Wildman–Crippen LogP) is 3.58. The van der Waals surface area contributed by atoms with E-state index in [1.54, 1.807) is 20.8 Å². The number of carbonyl (C=O) groups is 2. The van der Waals surface area contributed by atoms with E-state index in [9.17, 15) is 14.4 Å². The van der Waals surface area contributed by atoms with Gasteiger partial charge in [-0.2, -0.15) is 0 Å². The number of ether oxygens (including phenoxy) is 1. The lowest BCUT2D eigenvalue weighted by Crippen LogP contribution is -2.49. The van der Waals surface area contributed by atoms with Gasteiger partial charge >= 0.3 is 5.97 Å². The van der Waals surface area contributed by atoms with Crippen LogP contribution >= 0.6 is 23.1 Å². The van der Waals surface area contributed by atoms with E-state index in [0.29, 0.717) is 24.7 Å². The summed E-state index contributed by atoms with van der Waals surface area (Å²) in [5, 5.41) is 1.33. The topological polar surface area (TPSA) is 81.5 Å². The third kappa shape index (κ3) is 4.05. The number of nitrogens with zero attached hydrogens (tertiary/aromatic N) is 3. The van der Waals surface area contributed by atoms with E-state index in [1.807, 2.05) is 31.2 Å². The van der Waals surface area contributed by atoms with Crippen molar-refractivity contribution in [2.45, 2.75) is 63.3 Å². The summed E-state index contributed by atoms with van der Waals surface area (Å²) in [5.74, 6) is -0.480. The Balaban J connectivity index is 1.42. The Bertz CT molecular complexity index is 1330. The Morgan fingerprint density at radius 3 is 2.79 bits per heavy atom. The van der Waals surface area contributed by atoms with Gasteiger partial charge in [0.15, 0.2) is 5.16 Å². The Hall–Kier alpha value is -2.65. The van der Waals surface area contributed by atoms with Gasteiger partial charge in [0.25, 0.3) is 5.56 Å². The van der Waals surface area contributed by atoms with Gasteiger partial charge in [0, 0.05) is 24.4 Å². The normalized spacial score (nSPS) is 17.0. The third-order valence-corrected chi connectivity index (χ3v) is 8.75. The molecule has 0 saturated heterocycles. The number of esters is 1. The van der Waals surface area contributed by atoms with Crippen LogP contribution in [0.4, 0.5) is 0 Å².